The number of carbonyl (C=O) groups excluding carboxylic acids is 1. The van der Waals surface area contributed by atoms with Crippen LogP contribution in [0.5, 0.6) is 23.0 Å². The van der Waals surface area contributed by atoms with E-state index in [1.54, 1.807) is 18.2 Å². The van der Waals surface area contributed by atoms with Gasteiger partial charge in [0.2, 0.25) is 6.10 Å². The molecule has 0 fully saturated rings. The number of nitrogens with one attached hydrogen (secondary N) is 1. The van der Waals surface area contributed by atoms with Crippen LogP contribution in [0, 0.1) is 0 Å². The predicted octanol–water partition coefficient (Wildman–Crippen LogP) is 3.13. The molecule has 7 heteroatoms. The van der Waals surface area contributed by atoms with E-state index in [2.05, 4.69) is 10.5 Å². The Morgan fingerprint density at radius 1 is 0.931 bits per heavy atom. The van der Waals surface area contributed by atoms with Crippen molar-refractivity contribution in [3.8, 4) is 23.0 Å². The molecule has 0 aromatic heterocycles. The van der Waals surface area contributed by atoms with Gasteiger partial charge in [-0.2, -0.15) is 5.10 Å². The number of aromatic hydroxyl groups is 2. The number of rotatable bonds is 4. The van der Waals surface area contributed by atoms with Crippen molar-refractivity contribution in [1.29, 1.82) is 0 Å². The summed E-state index contributed by atoms with van der Waals surface area (Å²) in [5.41, 5.74) is 3.56. The van der Waals surface area contributed by atoms with Gasteiger partial charge < -0.3 is 19.7 Å². The lowest BCUT2D eigenvalue weighted by atomic mass is 10.0. The number of fused-ring (bicyclic) bond motifs is 1. The van der Waals surface area contributed by atoms with Gasteiger partial charge >= 0.3 is 0 Å². The van der Waals surface area contributed by atoms with Gasteiger partial charge in [-0.15, -0.1) is 0 Å². The van der Waals surface area contributed by atoms with Crippen LogP contribution in [0.25, 0.3) is 0 Å². The Kier molecular flexibility index (Phi) is 5.03. The van der Waals surface area contributed by atoms with Gasteiger partial charge in [0.05, 0.1) is 6.21 Å². The van der Waals surface area contributed by atoms with Crippen molar-refractivity contribution in [1.82, 2.24) is 5.43 Å². The number of amides is 1. The molecular formula is C22H18N2O5. The summed E-state index contributed by atoms with van der Waals surface area (Å²) in [6.45, 7) is 0. The largest absolute Gasteiger partial charge is 0.508 e. The van der Waals surface area contributed by atoms with Gasteiger partial charge in [0.1, 0.15) is 11.5 Å². The fraction of sp³-hybridized carbons (Fsp3) is 0.0909. The first-order valence-electron chi connectivity index (χ1n) is 8.94. The quantitative estimate of drug-likeness (QED) is 0.469. The van der Waals surface area contributed by atoms with E-state index in [1.165, 1.54) is 24.4 Å². The van der Waals surface area contributed by atoms with Gasteiger partial charge in [-0.3, -0.25) is 4.79 Å². The van der Waals surface area contributed by atoms with Gasteiger partial charge in [0, 0.05) is 11.6 Å². The lowest BCUT2D eigenvalue weighted by molar-refractivity contribution is -0.134. The maximum Gasteiger partial charge on any atom is 0.285 e. The number of hydrogen-bond acceptors (Lipinski definition) is 6. The van der Waals surface area contributed by atoms with Crippen molar-refractivity contribution in [3.05, 3.63) is 83.9 Å². The molecule has 146 valence electrons. The first-order valence-corrected chi connectivity index (χ1v) is 8.94. The van der Waals surface area contributed by atoms with Crippen molar-refractivity contribution in [2.45, 2.75) is 12.2 Å². The molecule has 0 spiro atoms. The van der Waals surface area contributed by atoms with E-state index in [9.17, 15) is 15.0 Å². The Hall–Kier alpha value is -4.00. The summed E-state index contributed by atoms with van der Waals surface area (Å²) in [6.07, 6.45) is -0.330. The summed E-state index contributed by atoms with van der Waals surface area (Å²) >= 11 is 0. The zero-order chi connectivity index (χ0) is 20.2. The summed E-state index contributed by atoms with van der Waals surface area (Å²) < 4.78 is 12.0. The fourth-order valence-electron chi connectivity index (χ4n) is 2.99. The third-order valence-corrected chi connectivity index (χ3v) is 4.41. The minimum atomic E-state index is -0.960. The van der Waals surface area contributed by atoms with E-state index in [-0.39, 0.29) is 11.5 Å². The SMILES string of the molecule is O=C(NN=Cc1ccc(O)cc1O)C1Oc2ccccc2OC1c1ccccc1. The van der Waals surface area contributed by atoms with E-state index >= 15 is 0 Å². The lowest BCUT2D eigenvalue weighted by Crippen LogP contribution is -2.44. The minimum Gasteiger partial charge on any atom is -0.508 e. The van der Waals surface area contributed by atoms with Crippen LogP contribution in [0.2, 0.25) is 0 Å². The molecule has 2 unspecified atom stereocenters. The monoisotopic (exact) mass is 390 g/mol. The molecule has 29 heavy (non-hydrogen) atoms. The van der Waals surface area contributed by atoms with Crippen LogP contribution >= 0.6 is 0 Å². The first-order chi connectivity index (χ1) is 14.1. The maximum atomic E-state index is 12.8. The number of benzene rings is 3. The number of nitrogens with zero attached hydrogens (tertiary/aromatic N) is 1. The molecule has 0 bridgehead atoms. The predicted molar refractivity (Wildman–Crippen MR) is 106 cm³/mol. The van der Waals surface area contributed by atoms with Crippen LogP contribution in [-0.4, -0.2) is 28.4 Å². The normalized spacial score (nSPS) is 17.8. The number of phenolic OH excluding ortho intramolecular Hbond substituents is 2. The number of ether oxygens (including phenoxy) is 2. The number of carbonyl (C=O) groups is 1. The average Bonchev–Trinajstić information content (AvgIpc) is 2.75. The molecule has 3 aromatic carbocycles. The van der Waals surface area contributed by atoms with E-state index in [0.29, 0.717) is 17.1 Å². The topological polar surface area (TPSA) is 100 Å². The van der Waals surface area contributed by atoms with Crippen molar-refractivity contribution >= 4 is 12.1 Å². The molecule has 2 atom stereocenters. The Balaban J connectivity index is 1.55. The van der Waals surface area contributed by atoms with Crippen LogP contribution in [0.15, 0.2) is 77.9 Å². The minimum absolute atomic E-state index is 0.0687. The van der Waals surface area contributed by atoms with E-state index in [0.717, 1.165) is 5.56 Å². The molecule has 3 N–H and O–H groups in total. The molecule has 0 saturated heterocycles. The molecule has 1 aliphatic heterocycles. The number of hydrazone groups is 1. The molecule has 4 rings (SSSR count). The Labute approximate surface area is 166 Å². The Morgan fingerprint density at radius 3 is 2.34 bits per heavy atom. The lowest BCUT2D eigenvalue weighted by Gasteiger charge is -2.32. The zero-order valence-corrected chi connectivity index (χ0v) is 15.2. The second kappa shape index (κ2) is 7.93. The van der Waals surface area contributed by atoms with E-state index < -0.39 is 18.1 Å². The van der Waals surface area contributed by atoms with Gasteiger partial charge in [-0.05, 0) is 29.8 Å². The van der Waals surface area contributed by atoms with Crippen LogP contribution in [0.1, 0.15) is 17.2 Å². The highest BCUT2D eigenvalue weighted by molar-refractivity contribution is 5.87. The molecule has 1 aliphatic rings. The number of hydrogen-bond donors (Lipinski definition) is 3. The Bertz CT molecular complexity index is 1050. The highest BCUT2D eigenvalue weighted by atomic mass is 16.6. The molecule has 1 heterocycles. The second-order valence-corrected chi connectivity index (χ2v) is 6.41. The van der Waals surface area contributed by atoms with Crippen molar-refractivity contribution in [3.63, 3.8) is 0 Å². The van der Waals surface area contributed by atoms with Gasteiger partial charge in [0.25, 0.3) is 5.91 Å². The van der Waals surface area contributed by atoms with Gasteiger partial charge in [0.15, 0.2) is 17.6 Å². The highest BCUT2D eigenvalue weighted by Gasteiger charge is 2.38. The number of phenols is 2. The standard InChI is InChI=1S/C22H18N2O5/c25-16-11-10-15(17(26)12-16)13-23-24-22(27)21-20(14-6-2-1-3-7-14)28-18-8-4-5-9-19(18)29-21/h1-13,20-21,25-26H,(H,24,27). The summed E-state index contributed by atoms with van der Waals surface area (Å²) in [4.78, 5) is 12.8. The van der Waals surface area contributed by atoms with E-state index in [4.69, 9.17) is 9.47 Å². The molecule has 0 aliphatic carbocycles. The maximum absolute atomic E-state index is 12.8. The van der Waals surface area contributed by atoms with E-state index in [1.807, 2.05) is 36.4 Å². The average molecular weight is 390 g/mol. The summed E-state index contributed by atoms with van der Waals surface area (Å²) in [5, 5.41) is 23.0. The third-order valence-electron chi connectivity index (χ3n) is 4.41. The fourth-order valence-corrected chi connectivity index (χ4v) is 2.99. The van der Waals surface area contributed by atoms with Crippen molar-refractivity contribution < 1.29 is 24.5 Å². The van der Waals surface area contributed by atoms with Crippen molar-refractivity contribution in [2.24, 2.45) is 5.10 Å². The third kappa shape index (κ3) is 3.98. The zero-order valence-electron chi connectivity index (χ0n) is 15.2. The first kappa shape index (κ1) is 18.4. The van der Waals surface area contributed by atoms with Crippen LogP contribution in [0.4, 0.5) is 0 Å². The molecule has 0 saturated carbocycles. The molecular weight excluding hydrogens is 372 g/mol. The summed E-state index contributed by atoms with van der Waals surface area (Å²) in [6, 6.07) is 20.5. The van der Waals surface area contributed by atoms with Gasteiger partial charge in [-0.1, -0.05) is 42.5 Å². The molecule has 0 radical (unpaired) electrons. The summed E-state index contributed by atoms with van der Waals surface area (Å²) in [5.74, 6) is 0.308. The van der Waals surface area contributed by atoms with Crippen LogP contribution in [-0.2, 0) is 4.79 Å². The molecule has 7 nitrogen and oxygen atoms in total. The molecule has 3 aromatic rings. The highest BCUT2D eigenvalue weighted by Crippen LogP contribution is 2.39. The van der Waals surface area contributed by atoms with Crippen LogP contribution in [0.3, 0.4) is 0 Å². The van der Waals surface area contributed by atoms with Gasteiger partial charge in [-0.25, -0.2) is 5.43 Å². The van der Waals surface area contributed by atoms with Crippen molar-refractivity contribution in [2.75, 3.05) is 0 Å². The molecule has 1 amide bonds. The summed E-state index contributed by atoms with van der Waals surface area (Å²) in [7, 11) is 0. The second-order valence-electron chi connectivity index (χ2n) is 6.41. The Morgan fingerprint density at radius 2 is 1.62 bits per heavy atom. The smallest absolute Gasteiger partial charge is 0.285 e. The number of para-hydroxylation sites is 2. The van der Waals surface area contributed by atoms with Crippen LogP contribution < -0.4 is 14.9 Å².